The van der Waals surface area contributed by atoms with Crippen molar-refractivity contribution in [3.05, 3.63) is 66.0 Å². The number of halogens is 1. The summed E-state index contributed by atoms with van der Waals surface area (Å²) in [6.07, 6.45) is 4.54. The molecule has 2 aromatic rings. The summed E-state index contributed by atoms with van der Waals surface area (Å²) in [4.78, 5) is 30.6. The van der Waals surface area contributed by atoms with Gasteiger partial charge in [-0.3, -0.25) is 9.59 Å². The van der Waals surface area contributed by atoms with Crippen molar-refractivity contribution in [3.8, 4) is 5.75 Å². The second kappa shape index (κ2) is 8.47. The van der Waals surface area contributed by atoms with Gasteiger partial charge in [-0.15, -0.1) is 0 Å². The molecule has 1 aliphatic carbocycles. The van der Waals surface area contributed by atoms with Gasteiger partial charge in [-0.05, 0) is 49.8 Å². The van der Waals surface area contributed by atoms with Crippen LogP contribution in [0.2, 0.25) is 0 Å². The number of ether oxygens (including phenoxy) is 1. The monoisotopic (exact) mass is 450 g/mol. The van der Waals surface area contributed by atoms with Crippen LogP contribution in [0.5, 0.6) is 5.75 Å². The third-order valence-corrected chi connectivity index (χ3v) is 8.05. The second-order valence-electron chi connectivity index (χ2n) is 9.97. The van der Waals surface area contributed by atoms with Gasteiger partial charge in [0, 0.05) is 30.5 Å². The Balaban J connectivity index is 1.49. The molecule has 3 fully saturated rings. The van der Waals surface area contributed by atoms with E-state index in [1.54, 1.807) is 19.1 Å². The highest BCUT2D eigenvalue weighted by molar-refractivity contribution is 5.80. The van der Waals surface area contributed by atoms with Gasteiger partial charge in [0.05, 0.1) is 12.1 Å². The normalized spacial score (nSPS) is 30.3. The van der Waals surface area contributed by atoms with Gasteiger partial charge in [0.1, 0.15) is 11.6 Å². The molecule has 0 unspecified atom stereocenters. The molecule has 0 aromatic heterocycles. The summed E-state index contributed by atoms with van der Waals surface area (Å²) in [5, 5.41) is 0. The molecule has 2 amide bonds. The van der Waals surface area contributed by atoms with Crippen LogP contribution in [0.4, 0.5) is 4.39 Å². The van der Waals surface area contributed by atoms with Gasteiger partial charge in [0.2, 0.25) is 5.91 Å². The summed E-state index contributed by atoms with van der Waals surface area (Å²) in [5.41, 5.74) is 1.04. The second-order valence-corrected chi connectivity index (χ2v) is 9.97. The highest BCUT2D eigenvalue weighted by Crippen LogP contribution is 2.56. The Bertz CT molecular complexity index is 1040. The topological polar surface area (TPSA) is 49.9 Å². The predicted octanol–water partition coefficient (Wildman–Crippen LogP) is 4.21. The van der Waals surface area contributed by atoms with Crippen molar-refractivity contribution in [2.75, 3.05) is 6.61 Å². The molecule has 0 N–H and O–H groups in total. The molecule has 0 spiro atoms. The number of fused-ring (bicyclic) bond motifs is 1. The average Bonchev–Trinajstić information content (AvgIpc) is 3.11. The molecule has 6 heteroatoms. The Morgan fingerprint density at radius 1 is 1.06 bits per heavy atom. The fourth-order valence-electron chi connectivity index (χ4n) is 6.77. The summed E-state index contributed by atoms with van der Waals surface area (Å²) < 4.78 is 19.3. The van der Waals surface area contributed by atoms with E-state index in [4.69, 9.17) is 4.74 Å². The van der Waals surface area contributed by atoms with Crippen LogP contribution < -0.4 is 4.74 Å². The summed E-state index contributed by atoms with van der Waals surface area (Å²) in [6.45, 7) is 3.77. The average molecular weight is 451 g/mol. The van der Waals surface area contributed by atoms with Crippen LogP contribution >= 0.6 is 0 Å². The van der Waals surface area contributed by atoms with E-state index < -0.39 is 5.82 Å². The first-order valence-corrected chi connectivity index (χ1v) is 11.9. The number of nitrogens with zero attached hydrogens (tertiary/aromatic N) is 2. The maximum atomic E-state index is 13.7. The fraction of sp³-hybridized carbons (Fsp3) is 0.481. The Labute approximate surface area is 194 Å². The molecule has 2 aliphatic heterocycles. The largest absolute Gasteiger partial charge is 0.484 e. The van der Waals surface area contributed by atoms with E-state index in [0.29, 0.717) is 12.2 Å². The highest BCUT2D eigenvalue weighted by atomic mass is 19.1. The van der Waals surface area contributed by atoms with Crippen LogP contribution in [0.3, 0.4) is 0 Å². The zero-order chi connectivity index (χ0) is 23.2. The minimum atomic E-state index is -0.391. The van der Waals surface area contributed by atoms with Crippen LogP contribution in [0.1, 0.15) is 45.1 Å². The predicted molar refractivity (Wildman–Crippen MR) is 123 cm³/mol. The van der Waals surface area contributed by atoms with Crippen molar-refractivity contribution in [1.29, 1.82) is 0 Å². The van der Waals surface area contributed by atoms with E-state index in [9.17, 15) is 14.0 Å². The van der Waals surface area contributed by atoms with Crippen molar-refractivity contribution >= 4 is 11.8 Å². The van der Waals surface area contributed by atoms with Crippen molar-refractivity contribution in [2.45, 2.75) is 70.1 Å². The quantitative estimate of drug-likeness (QED) is 0.686. The van der Waals surface area contributed by atoms with E-state index in [1.807, 2.05) is 23.1 Å². The zero-order valence-electron chi connectivity index (χ0n) is 19.2. The zero-order valence-corrected chi connectivity index (χ0v) is 19.2. The number of amides is 2. The number of rotatable bonds is 5. The molecule has 0 radical (unpaired) electrons. The molecule has 2 bridgehead atoms. The lowest BCUT2D eigenvalue weighted by Gasteiger charge is -2.53. The third-order valence-electron chi connectivity index (χ3n) is 8.05. The molecule has 174 valence electrons. The van der Waals surface area contributed by atoms with E-state index in [1.165, 1.54) is 12.1 Å². The van der Waals surface area contributed by atoms with Gasteiger partial charge in [-0.25, -0.2) is 4.39 Å². The van der Waals surface area contributed by atoms with Crippen molar-refractivity contribution in [1.82, 2.24) is 9.80 Å². The van der Waals surface area contributed by atoms with Gasteiger partial charge < -0.3 is 14.5 Å². The Hall–Kier alpha value is -2.89. The molecule has 1 saturated carbocycles. The molecule has 5 atom stereocenters. The minimum Gasteiger partial charge on any atom is -0.484 e. The van der Waals surface area contributed by atoms with E-state index >= 15 is 0 Å². The SMILES string of the molecule is CC(=O)N1[C@H]2CCC[C@H]3N(C(=O)COc4cccc(F)c4)[C@@H](Cc4ccccc4)[C@@H]1C[C@@]23C. The number of benzene rings is 2. The highest BCUT2D eigenvalue weighted by Gasteiger charge is 2.64. The van der Waals surface area contributed by atoms with Crippen molar-refractivity contribution in [2.24, 2.45) is 5.41 Å². The molecule has 2 saturated heterocycles. The molecule has 5 rings (SSSR count). The van der Waals surface area contributed by atoms with Crippen molar-refractivity contribution in [3.63, 3.8) is 0 Å². The van der Waals surface area contributed by atoms with Crippen molar-refractivity contribution < 1.29 is 18.7 Å². The van der Waals surface area contributed by atoms with E-state index in [-0.39, 0.29) is 48.0 Å². The Morgan fingerprint density at radius 2 is 1.79 bits per heavy atom. The molecule has 2 heterocycles. The van der Waals surface area contributed by atoms with Gasteiger partial charge in [0.25, 0.3) is 5.91 Å². The van der Waals surface area contributed by atoms with Gasteiger partial charge in [-0.2, -0.15) is 0 Å². The Kier molecular flexibility index (Phi) is 5.63. The van der Waals surface area contributed by atoms with Gasteiger partial charge >= 0.3 is 0 Å². The van der Waals surface area contributed by atoms with E-state index in [0.717, 1.165) is 31.2 Å². The maximum Gasteiger partial charge on any atom is 0.261 e. The van der Waals surface area contributed by atoms with Crippen LogP contribution in [0, 0.1) is 11.2 Å². The molecular formula is C27H31FN2O3. The van der Waals surface area contributed by atoms with Crippen LogP contribution in [-0.4, -0.2) is 52.4 Å². The first-order valence-electron chi connectivity index (χ1n) is 11.9. The smallest absolute Gasteiger partial charge is 0.261 e. The summed E-state index contributed by atoms with van der Waals surface area (Å²) in [6, 6.07) is 16.2. The lowest BCUT2D eigenvalue weighted by atomic mass is 9.64. The number of carbonyl (C=O) groups is 2. The summed E-state index contributed by atoms with van der Waals surface area (Å²) >= 11 is 0. The summed E-state index contributed by atoms with van der Waals surface area (Å²) in [5.74, 6) is -0.0383. The standard InChI is InChI=1S/C27H31FN2O3/c1-18(31)29-23-16-27(2)24(29)12-7-13-25(27)30(22(23)14-19-8-4-3-5-9-19)26(32)17-33-21-11-6-10-20(28)15-21/h3-6,8-11,15,22-25H,7,12-14,16-17H2,1-2H3/t22-,23-,24-,25+,27-/m0/s1. The third kappa shape index (κ3) is 3.79. The number of piperidine rings is 1. The van der Waals surface area contributed by atoms with Gasteiger partial charge in [0.15, 0.2) is 6.61 Å². The lowest BCUT2D eigenvalue weighted by Crippen LogP contribution is -2.63. The lowest BCUT2D eigenvalue weighted by molar-refractivity contribution is -0.147. The first kappa shape index (κ1) is 21.9. The maximum absolute atomic E-state index is 13.7. The Morgan fingerprint density at radius 3 is 2.48 bits per heavy atom. The molecule has 5 nitrogen and oxygen atoms in total. The van der Waals surface area contributed by atoms with Crippen LogP contribution in [-0.2, 0) is 16.0 Å². The molecule has 2 aromatic carbocycles. The van der Waals surface area contributed by atoms with E-state index in [2.05, 4.69) is 24.0 Å². The first-order chi connectivity index (χ1) is 15.9. The molecule has 3 aliphatic rings. The number of carbonyl (C=O) groups excluding carboxylic acids is 2. The molecule has 33 heavy (non-hydrogen) atoms. The van der Waals surface area contributed by atoms with Gasteiger partial charge in [-0.1, -0.05) is 43.3 Å². The molecular weight excluding hydrogens is 419 g/mol. The fourth-order valence-corrected chi connectivity index (χ4v) is 6.77. The van der Waals surface area contributed by atoms with Crippen LogP contribution in [0.25, 0.3) is 0 Å². The number of hydrogen-bond donors (Lipinski definition) is 0. The number of hydrogen-bond acceptors (Lipinski definition) is 3. The number of likely N-dealkylation sites (tertiary alicyclic amines) is 2. The van der Waals surface area contributed by atoms with Crippen LogP contribution in [0.15, 0.2) is 54.6 Å². The summed E-state index contributed by atoms with van der Waals surface area (Å²) in [7, 11) is 0. The minimum absolute atomic E-state index is 0.00910.